The molecular weight excluding hydrogens is 183 g/mol. The fourth-order valence-corrected chi connectivity index (χ4v) is 0.699. The summed E-state index contributed by atoms with van der Waals surface area (Å²) < 4.78 is 38.8. The smallest absolute Gasteiger partial charge is 0.342 e. The zero-order valence-electron chi connectivity index (χ0n) is 7.02. The van der Waals surface area contributed by atoms with Crippen molar-refractivity contribution in [2.75, 3.05) is 6.61 Å². The lowest BCUT2D eigenvalue weighted by atomic mass is 10.2. The van der Waals surface area contributed by atoms with E-state index in [1.54, 1.807) is 0 Å². The van der Waals surface area contributed by atoms with Crippen molar-refractivity contribution < 1.29 is 17.9 Å². The molecule has 0 aromatic rings. The number of nitrogens with zero attached hydrogens (tertiary/aromatic N) is 1. The molecule has 0 aliphatic carbocycles. The van der Waals surface area contributed by atoms with E-state index in [-0.39, 0.29) is 6.61 Å². The van der Waals surface area contributed by atoms with Crippen LogP contribution in [-0.2, 0) is 4.74 Å². The normalized spacial score (nSPS) is 9.08. The number of hydrogen-bond acceptors (Lipinski definition) is 2. The van der Waals surface area contributed by atoms with Gasteiger partial charge >= 0.3 is 12.1 Å². The van der Waals surface area contributed by atoms with Crippen LogP contribution < -0.4 is 0 Å². The molecule has 0 rings (SSSR count). The highest BCUT2D eigenvalue weighted by atomic mass is 19.3. The molecule has 0 N–H and O–H groups in total. The van der Waals surface area contributed by atoms with Crippen LogP contribution in [0.1, 0.15) is 25.7 Å². The summed E-state index contributed by atoms with van der Waals surface area (Å²) in [6.07, 6.45) is -0.173. The molecule has 0 aliphatic heterocycles. The number of halogens is 3. The van der Waals surface area contributed by atoms with Crippen molar-refractivity contribution in [3.05, 3.63) is 12.1 Å². The topological polar surface area (TPSA) is 33.0 Å². The van der Waals surface area contributed by atoms with Crippen molar-refractivity contribution in [3.63, 3.8) is 0 Å². The van der Waals surface area contributed by atoms with Crippen LogP contribution in [0.25, 0.3) is 0 Å². The van der Waals surface area contributed by atoms with Gasteiger partial charge in [-0.3, -0.25) is 0 Å². The Balaban J connectivity index is 3.28. The first-order valence-electron chi connectivity index (χ1n) is 3.89. The van der Waals surface area contributed by atoms with Crippen LogP contribution in [-0.4, -0.2) is 6.61 Å². The van der Waals surface area contributed by atoms with Crippen LogP contribution in [0.15, 0.2) is 12.1 Å². The number of unbranched alkanes of at least 4 members (excludes halogenated alkanes) is 3. The van der Waals surface area contributed by atoms with Crippen LogP contribution in [0.4, 0.5) is 13.2 Å². The summed E-state index contributed by atoms with van der Waals surface area (Å²) in [5.41, 5.74) is 0. The Kier molecular flexibility index (Phi) is 6.79. The predicted octanol–water partition coefficient (Wildman–Crippen LogP) is 3.12. The van der Waals surface area contributed by atoms with Gasteiger partial charge in [0.2, 0.25) is 0 Å². The molecule has 5 heteroatoms. The van der Waals surface area contributed by atoms with E-state index in [1.807, 2.05) is 6.07 Å². The second-order valence-electron chi connectivity index (χ2n) is 2.35. The van der Waals surface area contributed by atoms with Crippen LogP contribution in [0.2, 0.25) is 0 Å². The molecule has 2 nitrogen and oxygen atoms in total. The summed E-state index contributed by atoms with van der Waals surface area (Å²) in [6.45, 7) is -0.0748. The minimum Gasteiger partial charge on any atom is -0.467 e. The molecule has 0 unspecified atom stereocenters. The van der Waals surface area contributed by atoms with E-state index in [9.17, 15) is 13.2 Å². The van der Waals surface area contributed by atoms with Gasteiger partial charge in [0.15, 0.2) is 0 Å². The molecule has 0 bridgehead atoms. The van der Waals surface area contributed by atoms with Crippen molar-refractivity contribution >= 4 is 0 Å². The molecule has 0 saturated carbocycles. The SMILES string of the molecule is N#CCCCCCOC(F)=C(F)F. The van der Waals surface area contributed by atoms with Gasteiger partial charge in [-0.15, -0.1) is 0 Å². The maximum Gasteiger partial charge on any atom is 0.342 e. The highest BCUT2D eigenvalue weighted by molar-refractivity contribution is 4.80. The molecule has 74 valence electrons. The molecule has 0 fully saturated rings. The van der Waals surface area contributed by atoms with Gasteiger partial charge < -0.3 is 4.74 Å². The number of rotatable bonds is 6. The highest BCUT2D eigenvalue weighted by Crippen LogP contribution is 2.11. The van der Waals surface area contributed by atoms with Crippen LogP contribution in [0.3, 0.4) is 0 Å². The lowest BCUT2D eigenvalue weighted by molar-refractivity contribution is 0.116. The Morgan fingerprint density at radius 3 is 2.38 bits per heavy atom. The summed E-state index contributed by atoms with van der Waals surface area (Å²) >= 11 is 0. The molecule has 0 saturated heterocycles. The Labute approximate surface area is 74.6 Å². The molecule has 0 spiro atoms. The van der Waals surface area contributed by atoms with Gasteiger partial charge in [-0.2, -0.15) is 18.4 Å². The summed E-state index contributed by atoms with van der Waals surface area (Å²) in [4.78, 5) is 0. The molecular formula is C8H10F3NO. The number of hydrogen-bond donors (Lipinski definition) is 0. The fraction of sp³-hybridized carbons (Fsp3) is 0.625. The molecule has 0 aliphatic rings. The lowest BCUT2D eigenvalue weighted by Gasteiger charge is -2.00. The van der Waals surface area contributed by atoms with E-state index >= 15 is 0 Å². The van der Waals surface area contributed by atoms with E-state index in [1.165, 1.54) is 0 Å². The van der Waals surface area contributed by atoms with Crippen molar-refractivity contribution in [1.82, 2.24) is 0 Å². The fourth-order valence-electron chi connectivity index (χ4n) is 0.699. The monoisotopic (exact) mass is 193 g/mol. The van der Waals surface area contributed by atoms with E-state index in [2.05, 4.69) is 4.74 Å². The van der Waals surface area contributed by atoms with Crippen LogP contribution >= 0.6 is 0 Å². The van der Waals surface area contributed by atoms with Crippen LogP contribution in [0, 0.1) is 11.3 Å². The van der Waals surface area contributed by atoms with Crippen molar-refractivity contribution in [3.8, 4) is 6.07 Å². The second-order valence-corrected chi connectivity index (χ2v) is 2.35. The van der Waals surface area contributed by atoms with Gasteiger partial charge in [-0.25, -0.2) is 0 Å². The quantitative estimate of drug-likeness (QED) is 0.479. The molecule has 0 heterocycles. The van der Waals surface area contributed by atoms with Gasteiger partial charge in [-0.05, 0) is 19.3 Å². The molecule has 0 atom stereocenters. The summed E-state index contributed by atoms with van der Waals surface area (Å²) in [7, 11) is 0. The van der Waals surface area contributed by atoms with Crippen LogP contribution in [0.5, 0.6) is 0 Å². The maximum atomic E-state index is 12.0. The van der Waals surface area contributed by atoms with Gasteiger partial charge in [0.1, 0.15) is 0 Å². The predicted molar refractivity (Wildman–Crippen MR) is 40.4 cm³/mol. The van der Waals surface area contributed by atoms with Gasteiger partial charge in [-0.1, -0.05) is 0 Å². The van der Waals surface area contributed by atoms with Gasteiger partial charge in [0, 0.05) is 6.42 Å². The maximum absolute atomic E-state index is 12.0. The Morgan fingerprint density at radius 2 is 1.85 bits per heavy atom. The highest BCUT2D eigenvalue weighted by Gasteiger charge is 2.04. The van der Waals surface area contributed by atoms with Crippen molar-refractivity contribution in [1.29, 1.82) is 5.26 Å². The van der Waals surface area contributed by atoms with E-state index < -0.39 is 12.1 Å². The van der Waals surface area contributed by atoms with E-state index in [0.717, 1.165) is 0 Å². The Hall–Kier alpha value is -1.18. The molecule has 0 aromatic heterocycles. The van der Waals surface area contributed by atoms with E-state index in [4.69, 9.17) is 5.26 Å². The number of nitriles is 1. The molecule has 0 aromatic carbocycles. The zero-order valence-corrected chi connectivity index (χ0v) is 7.02. The first kappa shape index (κ1) is 11.8. The third-order valence-corrected chi connectivity index (χ3v) is 1.31. The minimum absolute atomic E-state index is 0.0748. The standard InChI is InChI=1S/C8H10F3NO/c9-7(10)8(11)13-6-4-2-1-3-5-12/h1-4,6H2. The largest absolute Gasteiger partial charge is 0.467 e. The average Bonchev–Trinajstić information content (AvgIpc) is 2.10. The third kappa shape index (κ3) is 7.19. The summed E-state index contributed by atoms with van der Waals surface area (Å²) in [6, 6.07) is 0.136. The van der Waals surface area contributed by atoms with Gasteiger partial charge in [0.05, 0.1) is 12.7 Å². The molecule has 0 radical (unpaired) electrons. The van der Waals surface area contributed by atoms with Crippen molar-refractivity contribution in [2.24, 2.45) is 0 Å². The average molecular weight is 193 g/mol. The Bertz CT molecular complexity index is 206. The summed E-state index contributed by atoms with van der Waals surface area (Å²) in [5, 5.41) is 8.14. The molecule has 13 heavy (non-hydrogen) atoms. The third-order valence-electron chi connectivity index (χ3n) is 1.31. The second kappa shape index (κ2) is 7.47. The zero-order chi connectivity index (χ0) is 10.1. The summed E-state index contributed by atoms with van der Waals surface area (Å²) in [5.74, 6) is 0. The van der Waals surface area contributed by atoms with Crippen molar-refractivity contribution in [2.45, 2.75) is 25.7 Å². The van der Waals surface area contributed by atoms with Gasteiger partial charge in [0.25, 0.3) is 0 Å². The minimum atomic E-state index is -2.43. The first-order valence-corrected chi connectivity index (χ1v) is 3.89. The Morgan fingerprint density at radius 1 is 1.15 bits per heavy atom. The first-order chi connectivity index (χ1) is 6.18. The number of ether oxygens (including phenoxy) is 1. The van der Waals surface area contributed by atoms with E-state index in [0.29, 0.717) is 25.7 Å². The lowest BCUT2D eigenvalue weighted by Crippen LogP contribution is -1.92. The molecule has 0 amide bonds.